The van der Waals surface area contributed by atoms with Crippen molar-refractivity contribution in [2.45, 2.75) is 45.1 Å². The van der Waals surface area contributed by atoms with Gasteiger partial charge in [-0.25, -0.2) is 4.79 Å². The zero-order valence-corrected chi connectivity index (χ0v) is 11.8. The molecule has 0 aliphatic heterocycles. The van der Waals surface area contributed by atoms with Gasteiger partial charge in [0.2, 0.25) is 0 Å². The summed E-state index contributed by atoms with van der Waals surface area (Å²) in [5, 5.41) is 12.3. The Morgan fingerprint density at radius 3 is 2.63 bits per heavy atom. The molecule has 0 aromatic heterocycles. The van der Waals surface area contributed by atoms with E-state index >= 15 is 0 Å². The van der Waals surface area contributed by atoms with Crippen LogP contribution in [0.15, 0.2) is 0 Å². The van der Waals surface area contributed by atoms with Crippen LogP contribution in [0.4, 0.5) is 4.79 Å². The minimum Gasteiger partial charge on any atom is -0.481 e. The molecule has 2 fully saturated rings. The summed E-state index contributed by atoms with van der Waals surface area (Å²) in [5.41, 5.74) is 0. The number of unbranched alkanes of at least 4 members (excludes halogenated alkanes) is 1. The summed E-state index contributed by atoms with van der Waals surface area (Å²) >= 11 is 0. The summed E-state index contributed by atoms with van der Waals surface area (Å²) in [4.78, 5) is 25.1. The highest BCUT2D eigenvalue weighted by atomic mass is 16.4. The summed E-state index contributed by atoms with van der Waals surface area (Å²) in [6.07, 6.45) is 5.03. The van der Waals surface area contributed by atoms with Crippen molar-refractivity contribution in [1.82, 2.24) is 10.2 Å². The van der Waals surface area contributed by atoms with Gasteiger partial charge in [-0.2, -0.15) is 0 Å². The highest BCUT2D eigenvalue weighted by Crippen LogP contribution is 2.48. The lowest BCUT2D eigenvalue weighted by molar-refractivity contribution is -0.144. The zero-order valence-electron chi connectivity index (χ0n) is 11.8. The Kier molecular flexibility index (Phi) is 4.32. The average Bonchev–Trinajstić information content (AvgIpc) is 2.96. The standard InChI is InChI=1S/C14H24N2O3/c1-3-4-7-16(2)14(19)15-12-10-6-5-9(8-10)11(12)13(17)18/h9-12H,3-8H2,1-2H3,(H,15,19)(H,17,18). The van der Waals surface area contributed by atoms with Crippen molar-refractivity contribution in [3.8, 4) is 0 Å². The number of carbonyl (C=O) groups is 2. The number of carbonyl (C=O) groups excluding carboxylic acids is 1. The van der Waals surface area contributed by atoms with Crippen LogP contribution in [0.3, 0.4) is 0 Å². The van der Waals surface area contributed by atoms with Crippen LogP contribution < -0.4 is 5.32 Å². The number of rotatable bonds is 5. The van der Waals surface area contributed by atoms with E-state index in [4.69, 9.17) is 0 Å². The van der Waals surface area contributed by atoms with Gasteiger partial charge in [-0.3, -0.25) is 4.79 Å². The Morgan fingerprint density at radius 2 is 2.00 bits per heavy atom. The molecule has 2 aliphatic rings. The van der Waals surface area contributed by atoms with E-state index in [0.717, 1.165) is 38.6 Å². The number of carboxylic acids is 1. The molecule has 2 N–H and O–H groups in total. The fourth-order valence-corrected chi connectivity index (χ4v) is 3.60. The monoisotopic (exact) mass is 268 g/mol. The zero-order chi connectivity index (χ0) is 14.0. The van der Waals surface area contributed by atoms with Crippen LogP contribution in [-0.2, 0) is 4.79 Å². The predicted molar refractivity (Wildman–Crippen MR) is 71.8 cm³/mol. The van der Waals surface area contributed by atoms with Gasteiger partial charge in [0.15, 0.2) is 0 Å². The van der Waals surface area contributed by atoms with E-state index in [1.165, 1.54) is 0 Å². The molecular weight excluding hydrogens is 244 g/mol. The molecular formula is C14H24N2O3. The second-order valence-corrected chi connectivity index (χ2v) is 5.95. The van der Waals surface area contributed by atoms with Crippen LogP contribution in [0.1, 0.15) is 39.0 Å². The Balaban J connectivity index is 1.94. The van der Waals surface area contributed by atoms with Gasteiger partial charge < -0.3 is 15.3 Å². The molecule has 19 heavy (non-hydrogen) atoms. The molecule has 5 nitrogen and oxygen atoms in total. The van der Waals surface area contributed by atoms with E-state index in [9.17, 15) is 14.7 Å². The van der Waals surface area contributed by atoms with Crippen molar-refractivity contribution >= 4 is 12.0 Å². The molecule has 2 aliphatic carbocycles. The largest absolute Gasteiger partial charge is 0.481 e. The van der Waals surface area contributed by atoms with E-state index in [1.54, 1.807) is 11.9 Å². The third-order valence-corrected chi connectivity index (χ3v) is 4.69. The Labute approximate surface area is 114 Å². The summed E-state index contributed by atoms with van der Waals surface area (Å²) in [5.74, 6) is -0.528. The summed E-state index contributed by atoms with van der Waals surface area (Å²) in [6, 6.07) is -0.301. The molecule has 2 bridgehead atoms. The number of fused-ring (bicyclic) bond motifs is 2. The summed E-state index contributed by atoms with van der Waals surface area (Å²) in [6.45, 7) is 2.81. The van der Waals surface area contributed by atoms with Gasteiger partial charge in [0.05, 0.1) is 5.92 Å². The van der Waals surface area contributed by atoms with Crippen LogP contribution in [0.2, 0.25) is 0 Å². The maximum Gasteiger partial charge on any atom is 0.317 e. The first-order valence-electron chi connectivity index (χ1n) is 7.29. The second kappa shape index (κ2) is 5.80. The second-order valence-electron chi connectivity index (χ2n) is 5.95. The maximum absolute atomic E-state index is 12.1. The number of hydrogen-bond donors (Lipinski definition) is 2. The van der Waals surface area contributed by atoms with E-state index in [2.05, 4.69) is 12.2 Å². The third-order valence-electron chi connectivity index (χ3n) is 4.69. The molecule has 2 saturated carbocycles. The molecule has 0 saturated heterocycles. The van der Waals surface area contributed by atoms with Crippen LogP contribution in [0.5, 0.6) is 0 Å². The highest BCUT2D eigenvalue weighted by molar-refractivity contribution is 5.77. The molecule has 4 unspecified atom stereocenters. The average molecular weight is 268 g/mol. The Morgan fingerprint density at radius 1 is 1.32 bits per heavy atom. The molecule has 5 heteroatoms. The molecule has 108 valence electrons. The minimum atomic E-state index is -0.756. The number of urea groups is 1. The van der Waals surface area contributed by atoms with Crippen molar-refractivity contribution < 1.29 is 14.7 Å². The predicted octanol–water partition coefficient (Wildman–Crippen LogP) is 1.93. The third kappa shape index (κ3) is 2.85. The number of nitrogens with one attached hydrogen (secondary N) is 1. The van der Waals surface area contributed by atoms with Crippen molar-refractivity contribution in [3.05, 3.63) is 0 Å². The normalized spacial score (nSPS) is 32.3. The van der Waals surface area contributed by atoms with E-state index < -0.39 is 5.97 Å². The van der Waals surface area contributed by atoms with Crippen molar-refractivity contribution in [1.29, 1.82) is 0 Å². The summed E-state index contributed by atoms with van der Waals surface area (Å²) < 4.78 is 0. The molecule has 0 spiro atoms. The fraction of sp³-hybridized carbons (Fsp3) is 0.857. The highest BCUT2D eigenvalue weighted by Gasteiger charge is 2.51. The number of amides is 2. The lowest BCUT2D eigenvalue weighted by atomic mass is 9.84. The van der Waals surface area contributed by atoms with Gasteiger partial charge in [0.1, 0.15) is 0 Å². The van der Waals surface area contributed by atoms with Crippen LogP contribution in [0, 0.1) is 17.8 Å². The number of carboxylic acid groups (broad SMARTS) is 1. The van der Waals surface area contributed by atoms with Crippen LogP contribution >= 0.6 is 0 Å². The van der Waals surface area contributed by atoms with Crippen molar-refractivity contribution in [2.24, 2.45) is 17.8 Å². The van der Waals surface area contributed by atoms with Gasteiger partial charge in [-0.1, -0.05) is 13.3 Å². The molecule has 0 aromatic rings. The number of hydrogen-bond acceptors (Lipinski definition) is 2. The molecule has 2 rings (SSSR count). The van der Waals surface area contributed by atoms with E-state index in [0.29, 0.717) is 5.92 Å². The number of nitrogens with zero attached hydrogens (tertiary/aromatic N) is 1. The molecule has 4 atom stereocenters. The van der Waals surface area contributed by atoms with Gasteiger partial charge in [0, 0.05) is 19.6 Å². The van der Waals surface area contributed by atoms with Gasteiger partial charge in [-0.05, 0) is 37.5 Å². The van der Waals surface area contributed by atoms with Crippen LogP contribution in [-0.4, -0.2) is 41.6 Å². The topological polar surface area (TPSA) is 69.6 Å². The number of aliphatic carboxylic acids is 1. The van der Waals surface area contributed by atoms with Gasteiger partial charge in [-0.15, -0.1) is 0 Å². The first-order valence-corrected chi connectivity index (χ1v) is 7.29. The smallest absolute Gasteiger partial charge is 0.317 e. The maximum atomic E-state index is 12.1. The van der Waals surface area contributed by atoms with Crippen LogP contribution in [0.25, 0.3) is 0 Å². The Hall–Kier alpha value is -1.26. The van der Waals surface area contributed by atoms with E-state index in [-0.39, 0.29) is 23.9 Å². The van der Waals surface area contributed by atoms with Gasteiger partial charge in [0.25, 0.3) is 0 Å². The molecule has 0 radical (unpaired) electrons. The molecule has 0 heterocycles. The minimum absolute atomic E-state index is 0.128. The summed E-state index contributed by atoms with van der Waals surface area (Å²) in [7, 11) is 1.77. The lowest BCUT2D eigenvalue weighted by Crippen LogP contribution is -2.50. The van der Waals surface area contributed by atoms with Crippen molar-refractivity contribution in [2.75, 3.05) is 13.6 Å². The first-order chi connectivity index (χ1) is 9.04. The first kappa shape index (κ1) is 14.2. The molecule has 0 aromatic carbocycles. The SMILES string of the molecule is CCCCN(C)C(=O)NC1C2CCC(C2)C1C(=O)O. The lowest BCUT2D eigenvalue weighted by Gasteiger charge is -2.30. The Bertz CT molecular complexity index is 359. The van der Waals surface area contributed by atoms with Gasteiger partial charge >= 0.3 is 12.0 Å². The molecule has 2 amide bonds. The van der Waals surface area contributed by atoms with Crippen molar-refractivity contribution in [3.63, 3.8) is 0 Å². The quantitative estimate of drug-likeness (QED) is 0.800. The fourth-order valence-electron chi connectivity index (χ4n) is 3.60. The van der Waals surface area contributed by atoms with E-state index in [1.807, 2.05) is 0 Å².